The second-order valence-electron chi connectivity index (χ2n) is 7.38. The zero-order valence-electron chi connectivity index (χ0n) is 16.0. The summed E-state index contributed by atoms with van der Waals surface area (Å²) in [7, 11) is 5.32. The van der Waals surface area contributed by atoms with E-state index < -0.39 is 54.5 Å². The molecule has 0 aliphatic heterocycles. The van der Waals surface area contributed by atoms with Crippen LogP contribution in [0.15, 0.2) is 0 Å². The van der Waals surface area contributed by atoms with Gasteiger partial charge in [0.2, 0.25) is 5.91 Å². The Kier molecular flexibility index (Phi) is 9.90. The Labute approximate surface area is 157 Å². The van der Waals surface area contributed by atoms with Crippen molar-refractivity contribution in [3.8, 4) is 0 Å². The van der Waals surface area contributed by atoms with Crippen molar-refractivity contribution in [2.45, 2.75) is 50.5 Å². The summed E-state index contributed by atoms with van der Waals surface area (Å²) in [5, 5.41) is 31.6. The Morgan fingerprint density at radius 1 is 1.22 bits per heavy atom. The van der Waals surface area contributed by atoms with Crippen molar-refractivity contribution in [1.82, 2.24) is 5.32 Å². The molecule has 5 N–H and O–H groups in total. The third-order valence-electron chi connectivity index (χ3n) is 3.48. The number of esters is 1. The molecule has 0 radical (unpaired) electrons. The molecule has 0 saturated carbocycles. The van der Waals surface area contributed by atoms with E-state index in [4.69, 9.17) is 15.6 Å². The number of carbonyl (C=O) groups is 4. The molecule has 0 fully saturated rings. The number of amides is 1. The highest BCUT2D eigenvalue weighted by atomic mass is 16.5. The van der Waals surface area contributed by atoms with Crippen molar-refractivity contribution < 1.29 is 43.7 Å². The van der Waals surface area contributed by atoms with Gasteiger partial charge in [-0.3, -0.25) is 9.59 Å². The number of nitrogens with zero attached hydrogens (tertiary/aromatic N) is 1. The van der Waals surface area contributed by atoms with Gasteiger partial charge in [0.25, 0.3) is 0 Å². The number of likely N-dealkylation sites (N-methyl/N-ethyl adjacent to an activating group) is 1. The number of ether oxygens (including phenoxy) is 1. The fourth-order valence-electron chi connectivity index (χ4n) is 2.21. The number of hydrogen-bond acceptors (Lipinski definition) is 8. The van der Waals surface area contributed by atoms with Gasteiger partial charge in [0.15, 0.2) is 12.1 Å². The van der Waals surface area contributed by atoms with Crippen molar-refractivity contribution in [2.24, 2.45) is 5.73 Å². The molecule has 11 nitrogen and oxygen atoms in total. The average molecular weight is 391 g/mol. The van der Waals surface area contributed by atoms with Crippen LogP contribution < -0.4 is 16.2 Å². The number of rotatable bonds is 12. The van der Waals surface area contributed by atoms with E-state index in [2.05, 4.69) is 5.32 Å². The highest BCUT2D eigenvalue weighted by Crippen LogP contribution is 2.08. The maximum Gasteiger partial charge on any atom is 0.331 e. The van der Waals surface area contributed by atoms with Gasteiger partial charge >= 0.3 is 11.9 Å². The monoisotopic (exact) mass is 391 g/mol. The van der Waals surface area contributed by atoms with E-state index in [1.807, 2.05) is 0 Å². The number of aliphatic hydroxyl groups excluding tert-OH is 1. The Morgan fingerprint density at radius 3 is 2.19 bits per heavy atom. The number of nitrogens with two attached hydrogens (primary N) is 1. The van der Waals surface area contributed by atoms with Crippen molar-refractivity contribution in [2.75, 3.05) is 27.7 Å². The van der Waals surface area contributed by atoms with E-state index in [0.29, 0.717) is 4.48 Å². The molecule has 0 spiro atoms. The Hall–Kier alpha value is -2.24. The standard InChI is InChI=1S/C16H29N3O8/c1-9(20)14(18-12(21)6-5-11(17)15(24)25)16(26)27-10(7-13(22)23)8-19(2,3)4/h9-11,14,20H,5-8,17H2,1-4H3,(H2-,18,21,22,23,24,25)/t9-,10?,11+,14+/m1/s1. The first-order valence-corrected chi connectivity index (χ1v) is 8.39. The number of aliphatic hydroxyl groups is 1. The van der Waals surface area contributed by atoms with Crippen LogP contribution >= 0.6 is 0 Å². The predicted molar refractivity (Wildman–Crippen MR) is 90.9 cm³/mol. The zero-order valence-corrected chi connectivity index (χ0v) is 16.0. The maximum absolute atomic E-state index is 12.3. The van der Waals surface area contributed by atoms with Crippen molar-refractivity contribution in [3.63, 3.8) is 0 Å². The van der Waals surface area contributed by atoms with Crippen LogP contribution in [0.2, 0.25) is 0 Å². The minimum atomic E-state index is -1.43. The zero-order chi connectivity index (χ0) is 21.4. The number of quaternary nitrogens is 1. The maximum atomic E-state index is 12.3. The van der Waals surface area contributed by atoms with Crippen LogP contribution in [0.1, 0.15) is 26.2 Å². The lowest BCUT2D eigenvalue weighted by atomic mass is 10.1. The largest absolute Gasteiger partial charge is 0.550 e. The molecule has 0 aliphatic carbocycles. The number of carbonyl (C=O) groups excluding carboxylic acids is 3. The van der Waals surface area contributed by atoms with Crippen molar-refractivity contribution >= 4 is 23.8 Å². The minimum absolute atomic E-state index is 0.155. The summed E-state index contributed by atoms with van der Waals surface area (Å²) in [6.45, 7) is 1.43. The summed E-state index contributed by atoms with van der Waals surface area (Å²) in [6.07, 6.45) is -3.29. The fourth-order valence-corrected chi connectivity index (χ4v) is 2.21. The molecule has 0 aromatic carbocycles. The topological polar surface area (TPSA) is 179 Å². The molecule has 1 amide bonds. The van der Waals surface area contributed by atoms with Gasteiger partial charge in [-0.2, -0.15) is 0 Å². The summed E-state index contributed by atoms with van der Waals surface area (Å²) in [4.78, 5) is 45.7. The second kappa shape index (κ2) is 10.8. The molecule has 1 unspecified atom stereocenters. The highest BCUT2D eigenvalue weighted by Gasteiger charge is 2.31. The number of aliphatic carboxylic acids is 2. The fraction of sp³-hybridized carbons (Fsp3) is 0.750. The molecule has 0 aromatic rings. The molecule has 27 heavy (non-hydrogen) atoms. The third kappa shape index (κ3) is 11.2. The molecule has 0 heterocycles. The van der Waals surface area contributed by atoms with Gasteiger partial charge < -0.3 is 40.4 Å². The van der Waals surface area contributed by atoms with Crippen LogP contribution in [0.25, 0.3) is 0 Å². The lowest BCUT2D eigenvalue weighted by molar-refractivity contribution is -0.873. The number of hydrogen-bond donors (Lipinski definition) is 4. The van der Waals surface area contributed by atoms with Crippen LogP contribution in [0, 0.1) is 0 Å². The molecule has 0 saturated heterocycles. The normalized spacial score (nSPS) is 15.9. The first kappa shape index (κ1) is 24.8. The number of carboxylic acids is 2. The molecule has 0 bridgehead atoms. The van der Waals surface area contributed by atoms with E-state index >= 15 is 0 Å². The van der Waals surface area contributed by atoms with Crippen LogP contribution in [-0.4, -0.2) is 90.5 Å². The van der Waals surface area contributed by atoms with Gasteiger partial charge in [-0.15, -0.1) is 0 Å². The summed E-state index contributed by atoms with van der Waals surface area (Å²) >= 11 is 0. The Bertz CT molecular complexity index is 544. The van der Waals surface area contributed by atoms with Crippen LogP contribution in [0.3, 0.4) is 0 Å². The molecule has 0 aliphatic rings. The summed E-state index contributed by atoms with van der Waals surface area (Å²) in [6, 6.07) is -2.67. The minimum Gasteiger partial charge on any atom is -0.550 e. The Morgan fingerprint density at radius 2 is 1.78 bits per heavy atom. The van der Waals surface area contributed by atoms with E-state index in [9.17, 15) is 29.4 Å². The smallest absolute Gasteiger partial charge is 0.331 e. The summed E-state index contributed by atoms with van der Waals surface area (Å²) in [5.41, 5.74) is 5.30. The van der Waals surface area contributed by atoms with E-state index in [0.717, 1.165) is 0 Å². The molecule has 0 aromatic heterocycles. The number of carboxylic acid groups (broad SMARTS) is 2. The number of nitrogens with one attached hydrogen (secondary N) is 1. The highest BCUT2D eigenvalue weighted by molar-refractivity contribution is 5.85. The van der Waals surface area contributed by atoms with E-state index in [-0.39, 0.29) is 19.4 Å². The lowest BCUT2D eigenvalue weighted by Crippen LogP contribution is -2.52. The second-order valence-corrected chi connectivity index (χ2v) is 7.38. The SMILES string of the molecule is C[C@@H](O)[C@H](NC(=O)CC[C@H](N)C(=O)O)C(=O)OC(CC(=O)[O-])C[N+](C)(C)C. The van der Waals surface area contributed by atoms with Crippen LogP contribution in [0.4, 0.5) is 0 Å². The molecular formula is C16H29N3O8. The van der Waals surface area contributed by atoms with Crippen molar-refractivity contribution in [1.29, 1.82) is 0 Å². The molecule has 156 valence electrons. The first-order valence-electron chi connectivity index (χ1n) is 8.39. The van der Waals surface area contributed by atoms with Gasteiger partial charge in [0.05, 0.1) is 27.2 Å². The van der Waals surface area contributed by atoms with E-state index in [1.54, 1.807) is 21.1 Å². The van der Waals surface area contributed by atoms with Crippen LogP contribution in [-0.2, 0) is 23.9 Å². The summed E-state index contributed by atoms with van der Waals surface area (Å²) in [5.74, 6) is -4.36. The van der Waals surface area contributed by atoms with Gasteiger partial charge in [0, 0.05) is 18.8 Å². The third-order valence-corrected chi connectivity index (χ3v) is 3.48. The van der Waals surface area contributed by atoms with Crippen LogP contribution in [0.5, 0.6) is 0 Å². The van der Waals surface area contributed by atoms with Gasteiger partial charge in [-0.05, 0) is 13.3 Å². The molecule has 11 heteroatoms. The molecule has 0 rings (SSSR count). The predicted octanol–water partition coefficient (Wildman–Crippen LogP) is -3.20. The summed E-state index contributed by atoms with van der Waals surface area (Å²) < 4.78 is 5.47. The average Bonchev–Trinajstić information content (AvgIpc) is 2.46. The lowest BCUT2D eigenvalue weighted by Gasteiger charge is -2.30. The quantitative estimate of drug-likeness (QED) is 0.197. The van der Waals surface area contributed by atoms with Crippen molar-refractivity contribution in [3.05, 3.63) is 0 Å². The van der Waals surface area contributed by atoms with Gasteiger partial charge in [-0.25, -0.2) is 4.79 Å². The molecule has 4 atom stereocenters. The van der Waals surface area contributed by atoms with E-state index in [1.165, 1.54) is 6.92 Å². The molecular weight excluding hydrogens is 362 g/mol. The first-order chi connectivity index (χ1) is 12.2. The van der Waals surface area contributed by atoms with Gasteiger partial charge in [0.1, 0.15) is 12.6 Å². The Balaban J connectivity index is 4.95. The van der Waals surface area contributed by atoms with Gasteiger partial charge in [-0.1, -0.05) is 0 Å².